The number of aliphatic hydroxyl groups is 1. The monoisotopic (exact) mass is 326 g/mol. The molecule has 0 aliphatic heterocycles. The lowest BCUT2D eigenvalue weighted by Gasteiger charge is -2.10. The molecule has 2 atom stereocenters. The van der Waals surface area contributed by atoms with E-state index in [-0.39, 0.29) is 18.6 Å². The molecule has 2 N–H and O–H groups in total. The van der Waals surface area contributed by atoms with Gasteiger partial charge < -0.3 is 14.9 Å². The van der Waals surface area contributed by atoms with Crippen molar-refractivity contribution in [3.05, 3.63) is 24.3 Å². The first-order chi connectivity index (χ1) is 11.1. The van der Waals surface area contributed by atoms with Gasteiger partial charge in [0.1, 0.15) is 0 Å². The number of methoxy groups -OCH3 is 1. The Labute approximate surface area is 141 Å². The minimum Gasteiger partial charge on any atom is -0.481 e. The third-order valence-electron chi connectivity index (χ3n) is 3.81. The number of unbranched alkanes of at least 4 members (excludes halogenated alkanes) is 5. The van der Waals surface area contributed by atoms with Crippen LogP contribution in [0.15, 0.2) is 24.3 Å². The summed E-state index contributed by atoms with van der Waals surface area (Å²) in [7, 11) is 1.70. The Hall–Kier alpha value is -1.13. The molecule has 0 rings (SSSR count). The largest absolute Gasteiger partial charge is 0.481 e. The van der Waals surface area contributed by atoms with Crippen molar-refractivity contribution in [3.63, 3.8) is 0 Å². The van der Waals surface area contributed by atoms with Gasteiger partial charge in [0.15, 0.2) is 0 Å². The number of carboxylic acid groups (broad SMARTS) is 1. The van der Waals surface area contributed by atoms with Gasteiger partial charge in [-0.15, -0.1) is 0 Å². The number of aliphatic carboxylic acids is 1. The molecule has 0 saturated heterocycles. The maximum Gasteiger partial charge on any atom is 0.303 e. The lowest BCUT2D eigenvalue weighted by atomic mass is 10.1. The molecule has 4 heteroatoms. The van der Waals surface area contributed by atoms with Crippen molar-refractivity contribution in [1.82, 2.24) is 0 Å². The number of aliphatic hydroxyl groups excluding tert-OH is 1. The Balaban J connectivity index is 3.79. The van der Waals surface area contributed by atoms with Crippen LogP contribution in [-0.4, -0.2) is 35.5 Å². The first-order valence-corrected chi connectivity index (χ1v) is 8.87. The third kappa shape index (κ3) is 15.5. The van der Waals surface area contributed by atoms with E-state index in [0.29, 0.717) is 0 Å². The van der Waals surface area contributed by atoms with E-state index in [1.165, 1.54) is 12.8 Å². The molecule has 4 nitrogen and oxygen atoms in total. The highest BCUT2D eigenvalue weighted by Crippen LogP contribution is 2.10. The van der Waals surface area contributed by atoms with Gasteiger partial charge in [-0.25, -0.2) is 0 Å². The molecule has 0 saturated carbocycles. The molecule has 0 radical (unpaired) electrons. The van der Waals surface area contributed by atoms with E-state index >= 15 is 0 Å². The zero-order valence-corrected chi connectivity index (χ0v) is 14.7. The van der Waals surface area contributed by atoms with E-state index in [0.717, 1.165) is 44.9 Å². The van der Waals surface area contributed by atoms with Crippen molar-refractivity contribution in [3.8, 4) is 0 Å². The summed E-state index contributed by atoms with van der Waals surface area (Å²) in [4.78, 5) is 10.4. The van der Waals surface area contributed by atoms with Crippen LogP contribution in [0.25, 0.3) is 0 Å². The van der Waals surface area contributed by atoms with Crippen molar-refractivity contribution < 1.29 is 19.7 Å². The Kier molecular flexibility index (Phi) is 15.0. The van der Waals surface area contributed by atoms with Crippen molar-refractivity contribution >= 4 is 5.97 Å². The minimum absolute atomic E-state index is 0.0800. The smallest absolute Gasteiger partial charge is 0.303 e. The highest BCUT2D eigenvalue weighted by Gasteiger charge is 2.03. The maximum absolute atomic E-state index is 10.4. The molecule has 0 aromatic rings. The molecule has 0 spiro atoms. The fraction of sp³-hybridized carbons (Fsp3) is 0.737. The molecule has 0 heterocycles. The predicted octanol–water partition coefficient (Wildman–Crippen LogP) is 4.48. The number of rotatable bonds is 15. The molecule has 23 heavy (non-hydrogen) atoms. The molecule has 0 aromatic heterocycles. The Bertz CT molecular complexity index is 336. The molecule has 0 aromatic carbocycles. The second kappa shape index (κ2) is 15.8. The second-order valence-corrected chi connectivity index (χ2v) is 5.95. The highest BCUT2D eigenvalue weighted by atomic mass is 16.5. The van der Waals surface area contributed by atoms with Crippen LogP contribution in [0.5, 0.6) is 0 Å². The van der Waals surface area contributed by atoms with Crippen LogP contribution in [0.4, 0.5) is 0 Å². The van der Waals surface area contributed by atoms with Crippen LogP contribution in [0, 0.1) is 0 Å². The number of carbonyl (C=O) groups is 1. The van der Waals surface area contributed by atoms with Gasteiger partial charge in [-0.1, -0.05) is 69.8 Å². The average Bonchev–Trinajstić information content (AvgIpc) is 2.52. The normalized spacial score (nSPS) is 14.6. The van der Waals surface area contributed by atoms with E-state index in [9.17, 15) is 9.90 Å². The molecule has 2 unspecified atom stereocenters. The van der Waals surface area contributed by atoms with Crippen LogP contribution in [-0.2, 0) is 9.53 Å². The number of carboxylic acids is 1. The average molecular weight is 326 g/mol. The standard InChI is InChI=1S/C19H34O4/c1-3-4-7-12-17(20)13-10-11-15-18(23-2)14-8-5-6-9-16-19(21)22/h10-11,13,15,17-18,20H,3-9,12,14,16H2,1-2H3,(H,21,22). The molecular weight excluding hydrogens is 292 g/mol. The highest BCUT2D eigenvalue weighted by molar-refractivity contribution is 5.66. The van der Waals surface area contributed by atoms with Crippen molar-refractivity contribution in [2.75, 3.05) is 7.11 Å². The summed E-state index contributed by atoms with van der Waals surface area (Å²) in [5, 5.41) is 18.3. The molecular formula is C19H34O4. The topological polar surface area (TPSA) is 66.8 Å². The first-order valence-electron chi connectivity index (χ1n) is 8.87. The van der Waals surface area contributed by atoms with Crippen molar-refractivity contribution in [1.29, 1.82) is 0 Å². The van der Waals surface area contributed by atoms with Crippen LogP contribution in [0.2, 0.25) is 0 Å². The zero-order valence-electron chi connectivity index (χ0n) is 14.7. The molecule has 0 fully saturated rings. The fourth-order valence-electron chi connectivity index (χ4n) is 2.35. The number of hydrogen-bond acceptors (Lipinski definition) is 3. The van der Waals surface area contributed by atoms with E-state index in [4.69, 9.17) is 9.84 Å². The lowest BCUT2D eigenvalue weighted by molar-refractivity contribution is -0.137. The predicted molar refractivity (Wildman–Crippen MR) is 94.6 cm³/mol. The van der Waals surface area contributed by atoms with Gasteiger partial charge in [0.2, 0.25) is 0 Å². The van der Waals surface area contributed by atoms with E-state index in [1.807, 2.05) is 24.3 Å². The van der Waals surface area contributed by atoms with Gasteiger partial charge in [0.25, 0.3) is 0 Å². The van der Waals surface area contributed by atoms with Gasteiger partial charge in [0, 0.05) is 13.5 Å². The Morgan fingerprint density at radius 1 is 1.00 bits per heavy atom. The number of ether oxygens (including phenoxy) is 1. The molecule has 0 aliphatic rings. The summed E-state index contributed by atoms with van der Waals surface area (Å²) in [5.41, 5.74) is 0. The Morgan fingerprint density at radius 3 is 2.30 bits per heavy atom. The SMILES string of the molecule is CCCCCC(O)C=CC=CC(CCCCCCC(=O)O)OC. The number of hydrogen-bond donors (Lipinski definition) is 2. The van der Waals surface area contributed by atoms with Gasteiger partial charge in [-0.2, -0.15) is 0 Å². The third-order valence-corrected chi connectivity index (χ3v) is 3.81. The first kappa shape index (κ1) is 21.9. The second-order valence-electron chi connectivity index (χ2n) is 5.95. The van der Waals surface area contributed by atoms with Crippen molar-refractivity contribution in [2.45, 2.75) is 83.3 Å². The molecule has 0 bridgehead atoms. The number of allylic oxidation sites excluding steroid dienone is 2. The van der Waals surface area contributed by atoms with Crippen LogP contribution >= 0.6 is 0 Å². The summed E-state index contributed by atoms with van der Waals surface area (Å²) in [6.07, 6.45) is 16.6. The summed E-state index contributed by atoms with van der Waals surface area (Å²) in [6.45, 7) is 2.15. The lowest BCUT2D eigenvalue weighted by Crippen LogP contribution is -2.06. The summed E-state index contributed by atoms with van der Waals surface area (Å²) < 4.78 is 5.40. The van der Waals surface area contributed by atoms with Crippen molar-refractivity contribution in [2.24, 2.45) is 0 Å². The zero-order chi connectivity index (χ0) is 17.3. The Morgan fingerprint density at radius 2 is 1.65 bits per heavy atom. The maximum atomic E-state index is 10.4. The molecule has 0 aliphatic carbocycles. The van der Waals surface area contributed by atoms with Crippen LogP contribution in [0.3, 0.4) is 0 Å². The van der Waals surface area contributed by atoms with E-state index in [2.05, 4.69) is 6.92 Å². The quantitative estimate of drug-likeness (QED) is 0.344. The summed E-state index contributed by atoms with van der Waals surface area (Å²) in [5.74, 6) is -0.716. The van der Waals surface area contributed by atoms with E-state index < -0.39 is 5.97 Å². The fourth-order valence-corrected chi connectivity index (χ4v) is 2.35. The van der Waals surface area contributed by atoms with Gasteiger partial charge in [-0.3, -0.25) is 4.79 Å². The minimum atomic E-state index is -0.716. The van der Waals surface area contributed by atoms with Gasteiger partial charge in [0.05, 0.1) is 12.2 Å². The molecule has 0 amide bonds. The summed E-state index contributed by atoms with van der Waals surface area (Å²) >= 11 is 0. The van der Waals surface area contributed by atoms with Crippen LogP contribution < -0.4 is 0 Å². The van der Waals surface area contributed by atoms with E-state index in [1.54, 1.807) is 7.11 Å². The van der Waals surface area contributed by atoms with Gasteiger partial charge >= 0.3 is 5.97 Å². The van der Waals surface area contributed by atoms with Crippen LogP contribution in [0.1, 0.15) is 71.1 Å². The summed E-state index contributed by atoms with van der Waals surface area (Å²) in [6, 6.07) is 0. The van der Waals surface area contributed by atoms with Gasteiger partial charge in [-0.05, 0) is 19.3 Å². The molecule has 134 valence electrons.